The molecule has 1 saturated carbocycles. The molecule has 0 aromatic heterocycles. The molecule has 1 aromatic carbocycles. The van der Waals surface area contributed by atoms with Gasteiger partial charge in [0.15, 0.2) is 0 Å². The summed E-state index contributed by atoms with van der Waals surface area (Å²) in [7, 11) is 0. The van der Waals surface area contributed by atoms with Gasteiger partial charge < -0.3 is 25.2 Å². The van der Waals surface area contributed by atoms with E-state index in [1.54, 1.807) is 11.0 Å². The van der Waals surface area contributed by atoms with E-state index in [4.69, 9.17) is 9.84 Å². The summed E-state index contributed by atoms with van der Waals surface area (Å²) in [6, 6.07) is 6.98. The number of amides is 2. The number of nitrogens with zero attached hydrogens (tertiary/aromatic N) is 1. The summed E-state index contributed by atoms with van der Waals surface area (Å²) >= 11 is 2.17. The minimum absolute atomic E-state index is 0.0235. The molecule has 2 aliphatic rings. The summed E-state index contributed by atoms with van der Waals surface area (Å²) in [6.45, 7) is 2.70. The Bertz CT molecular complexity index is 842. The van der Waals surface area contributed by atoms with E-state index >= 15 is 0 Å². The fourth-order valence-corrected chi connectivity index (χ4v) is 4.69. The van der Waals surface area contributed by atoms with Crippen molar-refractivity contribution in [2.45, 2.75) is 70.1 Å². The number of rotatable bonds is 12. The molecule has 33 heavy (non-hydrogen) atoms. The Morgan fingerprint density at radius 2 is 1.97 bits per heavy atom. The summed E-state index contributed by atoms with van der Waals surface area (Å²) in [5.74, 6) is 0.412. The number of para-hydroxylation sites is 1. The molecule has 1 aromatic rings. The Balaban J connectivity index is 1.86. The normalized spacial score (nSPS) is 22.4. The fourth-order valence-electron chi connectivity index (χ4n) is 4.18. The first-order valence-electron chi connectivity index (χ1n) is 12.0. The van der Waals surface area contributed by atoms with Crippen LogP contribution in [0.2, 0.25) is 0 Å². The molecule has 1 fully saturated rings. The molecule has 0 spiro atoms. The highest BCUT2D eigenvalue weighted by molar-refractivity contribution is 14.1. The van der Waals surface area contributed by atoms with E-state index in [0.717, 1.165) is 42.1 Å². The summed E-state index contributed by atoms with van der Waals surface area (Å²) < 4.78 is 7.06. The van der Waals surface area contributed by atoms with Crippen molar-refractivity contribution in [2.75, 3.05) is 19.7 Å². The van der Waals surface area contributed by atoms with E-state index in [2.05, 4.69) is 34.8 Å². The molecule has 2 aliphatic carbocycles. The van der Waals surface area contributed by atoms with Crippen LogP contribution >= 0.6 is 22.6 Å². The van der Waals surface area contributed by atoms with Crippen LogP contribution in [0.3, 0.4) is 0 Å². The lowest BCUT2D eigenvalue weighted by atomic mass is 9.87. The molecule has 0 heterocycles. The monoisotopic (exact) mass is 570 g/mol. The van der Waals surface area contributed by atoms with Gasteiger partial charge in [0.1, 0.15) is 18.0 Å². The molecule has 2 amide bonds. The average Bonchev–Trinajstić information content (AvgIpc) is 3.66. The number of ether oxygens (including phenoxy) is 1. The average molecular weight is 570 g/mol. The van der Waals surface area contributed by atoms with E-state index in [9.17, 15) is 14.7 Å². The molecule has 0 saturated heterocycles. The van der Waals surface area contributed by atoms with Gasteiger partial charge in [-0.05, 0) is 60.1 Å². The molecule has 3 atom stereocenters. The van der Waals surface area contributed by atoms with Gasteiger partial charge in [-0.3, -0.25) is 9.59 Å². The molecule has 3 N–H and O–H groups in total. The van der Waals surface area contributed by atoms with Crippen molar-refractivity contribution >= 4 is 34.4 Å². The molecule has 8 heteroatoms. The number of benzene rings is 1. The predicted molar refractivity (Wildman–Crippen MR) is 135 cm³/mol. The highest BCUT2D eigenvalue weighted by atomic mass is 127. The van der Waals surface area contributed by atoms with Gasteiger partial charge in [-0.15, -0.1) is 0 Å². The topological polar surface area (TPSA) is 99.1 Å². The van der Waals surface area contributed by atoms with Crippen LogP contribution in [0.25, 0.3) is 0 Å². The molecule has 7 nitrogen and oxygen atoms in total. The zero-order chi connectivity index (χ0) is 23.8. The third-order valence-corrected chi connectivity index (χ3v) is 7.07. The first-order valence-corrected chi connectivity index (χ1v) is 13.0. The van der Waals surface area contributed by atoms with E-state index in [1.807, 2.05) is 24.3 Å². The molecule has 3 unspecified atom stereocenters. The van der Waals surface area contributed by atoms with Crippen molar-refractivity contribution in [2.24, 2.45) is 5.92 Å². The third-order valence-electron chi connectivity index (χ3n) is 6.18. The lowest BCUT2D eigenvalue weighted by Gasteiger charge is -2.40. The highest BCUT2D eigenvalue weighted by Gasteiger charge is 2.43. The predicted octanol–water partition coefficient (Wildman–Crippen LogP) is 3.03. The molecular formula is C25H35IN2O5. The zero-order valence-corrected chi connectivity index (χ0v) is 21.4. The minimum Gasteiger partial charge on any atom is -0.482 e. The van der Waals surface area contributed by atoms with Crippen LogP contribution in [-0.4, -0.2) is 64.9 Å². The van der Waals surface area contributed by atoms with Crippen LogP contribution in [0.5, 0.6) is 5.75 Å². The number of unbranched alkanes of at least 4 members (excludes halogenated alkanes) is 3. The number of hydrogen-bond acceptors (Lipinski definition) is 5. The summed E-state index contributed by atoms with van der Waals surface area (Å²) in [5, 5.41) is 23.1. The third kappa shape index (κ3) is 7.16. The van der Waals surface area contributed by atoms with Gasteiger partial charge in [-0.2, -0.15) is 0 Å². The van der Waals surface area contributed by atoms with Crippen molar-refractivity contribution in [1.82, 2.24) is 10.2 Å². The molecule has 0 bridgehead atoms. The van der Waals surface area contributed by atoms with E-state index < -0.39 is 18.2 Å². The Kier molecular flexibility index (Phi) is 10.0. The van der Waals surface area contributed by atoms with Gasteiger partial charge in [0.25, 0.3) is 0 Å². The van der Waals surface area contributed by atoms with Crippen molar-refractivity contribution in [3.8, 4) is 5.75 Å². The maximum absolute atomic E-state index is 13.2. The zero-order valence-electron chi connectivity index (χ0n) is 19.2. The van der Waals surface area contributed by atoms with E-state index in [-0.39, 0.29) is 37.3 Å². The maximum Gasteiger partial charge on any atom is 0.247 e. The number of halogens is 1. The van der Waals surface area contributed by atoms with Crippen LogP contribution in [0.1, 0.15) is 51.9 Å². The number of aliphatic hydroxyl groups is 2. The number of carbonyl (C=O) groups is 2. The van der Waals surface area contributed by atoms with Crippen LogP contribution in [0.4, 0.5) is 0 Å². The van der Waals surface area contributed by atoms with Crippen molar-refractivity contribution in [3.63, 3.8) is 0 Å². The summed E-state index contributed by atoms with van der Waals surface area (Å²) in [4.78, 5) is 27.8. The smallest absolute Gasteiger partial charge is 0.247 e. The van der Waals surface area contributed by atoms with E-state index in [0.29, 0.717) is 17.9 Å². The van der Waals surface area contributed by atoms with Gasteiger partial charge in [-0.1, -0.05) is 38.3 Å². The van der Waals surface area contributed by atoms with E-state index in [1.165, 1.54) is 0 Å². The Morgan fingerprint density at radius 3 is 2.64 bits per heavy atom. The Morgan fingerprint density at radius 1 is 1.21 bits per heavy atom. The fraction of sp³-hybridized carbons (Fsp3) is 0.600. The van der Waals surface area contributed by atoms with Gasteiger partial charge >= 0.3 is 0 Å². The number of hydrogen-bond donors (Lipinski definition) is 3. The van der Waals surface area contributed by atoms with Crippen molar-refractivity contribution in [3.05, 3.63) is 39.5 Å². The maximum atomic E-state index is 13.2. The van der Waals surface area contributed by atoms with Crippen molar-refractivity contribution < 1.29 is 24.5 Å². The molecular weight excluding hydrogens is 535 g/mol. The van der Waals surface area contributed by atoms with Crippen LogP contribution < -0.4 is 10.1 Å². The summed E-state index contributed by atoms with van der Waals surface area (Å²) in [6.07, 6.45) is 6.07. The second-order valence-corrected chi connectivity index (χ2v) is 9.98. The Hall–Kier alpha value is -1.65. The quantitative estimate of drug-likeness (QED) is 0.265. The first-order chi connectivity index (χ1) is 16.0. The van der Waals surface area contributed by atoms with Crippen LogP contribution in [-0.2, 0) is 9.59 Å². The van der Waals surface area contributed by atoms with Gasteiger partial charge in [0.2, 0.25) is 11.8 Å². The number of aliphatic hydroxyl groups excluding tert-OH is 2. The van der Waals surface area contributed by atoms with Gasteiger partial charge in [0, 0.05) is 31.0 Å². The first kappa shape index (κ1) is 26.0. The van der Waals surface area contributed by atoms with Gasteiger partial charge in [-0.25, -0.2) is 0 Å². The van der Waals surface area contributed by atoms with Crippen molar-refractivity contribution in [1.29, 1.82) is 0 Å². The van der Waals surface area contributed by atoms with Gasteiger partial charge in [0.05, 0.1) is 16.2 Å². The standard InChI is InChI=1S/C25H35IN2O5/c1-2-3-4-7-13-28(25(32)17-10-11-17)20-15-18(24(31)27-12-14-29)16-22(23(20)30)33-21-9-6-5-8-19(21)26/h5-6,8-9,16-17,20,22-23,29-30H,2-4,7,10-15H2,1H3,(H,27,31). The number of carbonyl (C=O) groups excluding carboxylic acids is 2. The molecule has 3 rings (SSSR count). The summed E-state index contributed by atoms with van der Waals surface area (Å²) in [5.41, 5.74) is 0.469. The second-order valence-electron chi connectivity index (χ2n) is 8.81. The minimum atomic E-state index is -0.954. The largest absolute Gasteiger partial charge is 0.482 e. The lowest BCUT2D eigenvalue weighted by molar-refractivity contribution is -0.140. The highest BCUT2D eigenvalue weighted by Crippen LogP contribution is 2.35. The Labute approximate surface area is 209 Å². The lowest BCUT2D eigenvalue weighted by Crippen LogP contribution is -2.55. The number of nitrogens with one attached hydrogen (secondary N) is 1. The molecule has 0 aliphatic heterocycles. The van der Waals surface area contributed by atoms with Crippen LogP contribution in [0, 0.1) is 9.49 Å². The SMILES string of the molecule is CCCCCCN(C(=O)C1CC1)C1CC(C(=O)NCCO)=CC(Oc2ccccc2I)C1O. The molecule has 182 valence electrons. The molecule has 0 radical (unpaired) electrons. The van der Waals surface area contributed by atoms with Crippen LogP contribution in [0.15, 0.2) is 35.9 Å². The second kappa shape index (κ2) is 12.7.